The van der Waals surface area contributed by atoms with Crippen molar-refractivity contribution >= 4 is 29.5 Å². The molecule has 8 heteroatoms. The molecule has 2 atom stereocenters. The highest BCUT2D eigenvalue weighted by atomic mass is 35.5. The first-order chi connectivity index (χ1) is 14.0. The zero-order chi connectivity index (χ0) is 22.6. The highest BCUT2D eigenvalue weighted by Crippen LogP contribution is 2.39. The average molecular weight is 436 g/mol. The molecule has 1 aliphatic rings. The molecule has 1 heterocycles. The molecule has 1 aromatic rings. The van der Waals surface area contributed by atoms with Gasteiger partial charge in [0.1, 0.15) is 12.7 Å². The van der Waals surface area contributed by atoms with Crippen molar-refractivity contribution < 1.29 is 29.0 Å². The third kappa shape index (κ3) is 5.42. The lowest BCUT2D eigenvalue weighted by Gasteiger charge is -2.30. The number of carboxylic acids is 1. The molecule has 30 heavy (non-hydrogen) atoms. The molecule has 162 valence electrons. The quantitative estimate of drug-likeness (QED) is 0.628. The highest BCUT2D eigenvalue weighted by molar-refractivity contribution is 6.30. The van der Waals surface area contributed by atoms with Crippen LogP contribution in [0.1, 0.15) is 46.1 Å². The molecule has 0 radical (unpaired) electrons. The topological polar surface area (TPSA) is 102 Å². The molecule has 0 spiro atoms. The van der Waals surface area contributed by atoms with Crippen LogP contribution >= 0.6 is 11.6 Å². The maximum atomic E-state index is 13.1. The molecule has 0 fully saturated rings. The number of allylic oxidation sites excluding steroid dienone is 2. The van der Waals surface area contributed by atoms with Crippen molar-refractivity contribution in [3.05, 3.63) is 57.4 Å². The Bertz CT molecular complexity index is 918. The predicted molar refractivity (Wildman–Crippen MR) is 112 cm³/mol. The van der Waals surface area contributed by atoms with Crippen molar-refractivity contribution in [1.82, 2.24) is 5.32 Å². The fourth-order valence-electron chi connectivity index (χ4n) is 3.38. The fourth-order valence-corrected chi connectivity index (χ4v) is 3.58. The Morgan fingerprint density at radius 1 is 1.17 bits per heavy atom. The minimum Gasteiger partial charge on any atom is -0.478 e. The summed E-state index contributed by atoms with van der Waals surface area (Å²) in [7, 11) is 0. The Balaban J connectivity index is 2.42. The summed E-state index contributed by atoms with van der Waals surface area (Å²) in [4.78, 5) is 36.4. The normalized spacial score (nSPS) is 17.5. The second-order valence-corrected chi connectivity index (χ2v) is 7.92. The minimum atomic E-state index is -1.15. The lowest BCUT2D eigenvalue weighted by Crippen LogP contribution is -2.34. The Kier molecular flexibility index (Phi) is 7.67. The van der Waals surface area contributed by atoms with Gasteiger partial charge in [0.25, 0.3) is 0 Å². The Morgan fingerprint density at radius 2 is 1.80 bits per heavy atom. The lowest BCUT2D eigenvalue weighted by molar-refractivity contribution is -0.158. The van der Waals surface area contributed by atoms with E-state index in [4.69, 9.17) is 21.1 Å². The van der Waals surface area contributed by atoms with Crippen LogP contribution in [0.5, 0.6) is 0 Å². The number of carboxylic acid groups (broad SMARTS) is 1. The molecule has 1 aromatic carbocycles. The lowest BCUT2D eigenvalue weighted by atomic mass is 9.80. The summed E-state index contributed by atoms with van der Waals surface area (Å²) in [6, 6.07) is 6.71. The van der Waals surface area contributed by atoms with Gasteiger partial charge in [-0.1, -0.05) is 37.6 Å². The van der Waals surface area contributed by atoms with E-state index in [2.05, 4.69) is 5.32 Å². The van der Waals surface area contributed by atoms with Crippen LogP contribution < -0.4 is 5.32 Å². The van der Waals surface area contributed by atoms with Crippen LogP contribution in [0, 0.1) is 5.92 Å². The first kappa shape index (κ1) is 23.5. The van der Waals surface area contributed by atoms with E-state index in [9.17, 15) is 19.5 Å². The second-order valence-electron chi connectivity index (χ2n) is 7.49. The summed E-state index contributed by atoms with van der Waals surface area (Å²) >= 11 is 6.12. The van der Waals surface area contributed by atoms with Gasteiger partial charge in [-0.3, -0.25) is 4.79 Å². The van der Waals surface area contributed by atoms with Gasteiger partial charge in [0, 0.05) is 23.3 Å². The molecule has 2 N–H and O–H groups in total. The van der Waals surface area contributed by atoms with Gasteiger partial charge in [-0.25, -0.2) is 9.59 Å². The van der Waals surface area contributed by atoms with Crippen LogP contribution in [0.25, 0.3) is 0 Å². The van der Waals surface area contributed by atoms with Gasteiger partial charge in [-0.15, -0.1) is 0 Å². The number of aliphatic carboxylic acids is 1. The van der Waals surface area contributed by atoms with Crippen LogP contribution in [0.3, 0.4) is 0 Å². The van der Waals surface area contributed by atoms with Crippen molar-refractivity contribution in [3.63, 3.8) is 0 Å². The Labute approximate surface area is 180 Å². The van der Waals surface area contributed by atoms with Crippen molar-refractivity contribution in [2.45, 2.75) is 46.6 Å². The molecule has 1 aliphatic heterocycles. The van der Waals surface area contributed by atoms with Gasteiger partial charge < -0.3 is 19.9 Å². The van der Waals surface area contributed by atoms with E-state index in [1.807, 2.05) is 13.8 Å². The van der Waals surface area contributed by atoms with Crippen molar-refractivity contribution in [2.24, 2.45) is 5.92 Å². The second kappa shape index (κ2) is 9.80. The smallest absolute Gasteiger partial charge is 0.336 e. The van der Waals surface area contributed by atoms with E-state index in [1.165, 1.54) is 6.92 Å². The number of benzene rings is 1. The summed E-state index contributed by atoms with van der Waals surface area (Å²) in [6.45, 7) is 8.16. The van der Waals surface area contributed by atoms with Gasteiger partial charge >= 0.3 is 17.9 Å². The molecule has 0 aromatic heterocycles. The van der Waals surface area contributed by atoms with E-state index in [0.29, 0.717) is 22.0 Å². The summed E-state index contributed by atoms with van der Waals surface area (Å²) < 4.78 is 10.7. The van der Waals surface area contributed by atoms with E-state index >= 15 is 0 Å². The maximum absolute atomic E-state index is 13.1. The van der Waals surface area contributed by atoms with Gasteiger partial charge in [-0.2, -0.15) is 0 Å². The number of nitrogens with one attached hydrogen (secondary N) is 1. The number of hydrogen-bond donors (Lipinski definition) is 2. The largest absolute Gasteiger partial charge is 0.478 e. The summed E-state index contributed by atoms with van der Waals surface area (Å²) in [6.07, 6.45) is -0.607. The monoisotopic (exact) mass is 435 g/mol. The molecule has 7 nitrogen and oxygen atoms in total. The van der Waals surface area contributed by atoms with Crippen molar-refractivity contribution in [3.8, 4) is 0 Å². The van der Waals surface area contributed by atoms with Gasteiger partial charge in [0.15, 0.2) is 0 Å². The molecular weight excluding hydrogens is 410 g/mol. The number of esters is 2. The average Bonchev–Trinajstić information content (AvgIpc) is 2.63. The van der Waals surface area contributed by atoms with Gasteiger partial charge in [0.05, 0.1) is 17.1 Å². The number of halogens is 1. The predicted octanol–water partition coefficient (Wildman–Crippen LogP) is 3.79. The van der Waals surface area contributed by atoms with E-state index in [0.717, 1.165) is 0 Å². The van der Waals surface area contributed by atoms with E-state index in [1.54, 1.807) is 38.1 Å². The highest BCUT2D eigenvalue weighted by Gasteiger charge is 2.37. The van der Waals surface area contributed by atoms with Crippen molar-refractivity contribution in [1.29, 1.82) is 0 Å². The van der Waals surface area contributed by atoms with Gasteiger partial charge in [-0.05, 0) is 37.5 Å². The zero-order valence-corrected chi connectivity index (χ0v) is 18.4. The molecule has 0 saturated heterocycles. The molecule has 0 bridgehead atoms. The van der Waals surface area contributed by atoms with E-state index < -0.39 is 29.9 Å². The number of carbonyl (C=O) groups is 3. The summed E-state index contributed by atoms with van der Waals surface area (Å²) in [5.41, 5.74) is 1.69. The standard InChI is InChI=1S/C22H26ClNO6/c1-11(2)17(30-14(5)25)10-29-22(28)19-13(4)24-12(3)18(21(26)27)20(19)15-7-6-8-16(23)9-15/h6-9,11,17,20,24H,10H2,1-5H3,(H,26,27). The third-order valence-electron chi connectivity index (χ3n) is 4.83. The molecule has 0 saturated carbocycles. The van der Waals surface area contributed by atoms with Crippen LogP contribution in [0.15, 0.2) is 46.8 Å². The number of carbonyl (C=O) groups excluding carboxylic acids is 2. The molecular formula is C22H26ClNO6. The molecule has 0 aliphatic carbocycles. The Hall–Kier alpha value is -2.80. The Morgan fingerprint density at radius 3 is 2.33 bits per heavy atom. The van der Waals surface area contributed by atoms with Gasteiger partial charge in [0.2, 0.25) is 0 Å². The van der Waals surface area contributed by atoms with Crippen molar-refractivity contribution in [2.75, 3.05) is 6.61 Å². The number of hydrogen-bond acceptors (Lipinski definition) is 6. The van der Waals surface area contributed by atoms with Crippen LogP contribution in [0.4, 0.5) is 0 Å². The molecule has 2 unspecified atom stereocenters. The number of ether oxygens (including phenoxy) is 2. The fraction of sp³-hybridized carbons (Fsp3) is 0.409. The summed E-state index contributed by atoms with van der Waals surface area (Å²) in [5.74, 6) is -3.23. The number of rotatable bonds is 7. The maximum Gasteiger partial charge on any atom is 0.336 e. The van der Waals surface area contributed by atoms with Crippen LogP contribution in [0.2, 0.25) is 5.02 Å². The number of dihydropyridines is 1. The SMILES string of the molecule is CC(=O)OC(COC(=O)C1=C(C)NC(C)=C(C(=O)O)C1c1cccc(Cl)c1)C(C)C. The first-order valence-electron chi connectivity index (χ1n) is 9.54. The van der Waals surface area contributed by atoms with Crippen LogP contribution in [-0.4, -0.2) is 35.7 Å². The van der Waals surface area contributed by atoms with Crippen LogP contribution in [-0.2, 0) is 23.9 Å². The van der Waals surface area contributed by atoms with E-state index in [-0.39, 0.29) is 23.7 Å². The first-order valence-corrected chi connectivity index (χ1v) is 9.92. The minimum absolute atomic E-state index is 0.0372. The summed E-state index contributed by atoms with van der Waals surface area (Å²) in [5, 5.41) is 13.2. The molecule has 0 amide bonds. The zero-order valence-electron chi connectivity index (χ0n) is 17.6. The molecule has 2 rings (SSSR count). The third-order valence-corrected chi connectivity index (χ3v) is 5.07.